The number of ether oxygens (including phenoxy) is 1. The van der Waals surface area contributed by atoms with Gasteiger partial charge in [-0.3, -0.25) is 0 Å². The van der Waals surface area contributed by atoms with Crippen molar-refractivity contribution in [2.75, 3.05) is 6.61 Å². The Kier molecular flexibility index (Phi) is 6.22. The highest BCUT2D eigenvalue weighted by atomic mass is 19.4. The molecule has 0 atom stereocenters. The molecule has 0 spiro atoms. The molecule has 178 valence electrons. The maximum absolute atomic E-state index is 13.1. The predicted molar refractivity (Wildman–Crippen MR) is 134 cm³/mol. The Balaban J connectivity index is 1.55. The zero-order valence-corrected chi connectivity index (χ0v) is 19.2. The first-order valence-corrected chi connectivity index (χ1v) is 11.4. The fourth-order valence-corrected chi connectivity index (χ4v) is 4.32. The predicted octanol–water partition coefficient (Wildman–Crippen LogP) is 7.94. The van der Waals surface area contributed by atoms with Crippen LogP contribution < -0.4 is 4.74 Å². The number of fused-ring (bicyclic) bond motifs is 1. The fraction of sp³-hybridized carbons (Fsp3) is 0.100. The van der Waals surface area contributed by atoms with E-state index in [1.165, 1.54) is 12.1 Å². The molecule has 5 rings (SSSR count). The second-order valence-corrected chi connectivity index (χ2v) is 8.42. The summed E-state index contributed by atoms with van der Waals surface area (Å²) >= 11 is 0. The van der Waals surface area contributed by atoms with E-state index in [0.717, 1.165) is 51.0 Å². The van der Waals surface area contributed by atoms with Gasteiger partial charge in [-0.05, 0) is 69.9 Å². The molecule has 6 heteroatoms. The van der Waals surface area contributed by atoms with Crippen molar-refractivity contribution in [3.05, 3.63) is 114 Å². The number of hydrogen-bond donors (Lipinski definition) is 0. The molecule has 0 fully saturated rings. The van der Waals surface area contributed by atoms with Gasteiger partial charge in [0, 0.05) is 17.9 Å². The van der Waals surface area contributed by atoms with E-state index < -0.39 is 11.7 Å². The van der Waals surface area contributed by atoms with Crippen molar-refractivity contribution in [3.8, 4) is 34.3 Å². The van der Waals surface area contributed by atoms with Gasteiger partial charge in [0.05, 0.1) is 5.56 Å². The summed E-state index contributed by atoms with van der Waals surface area (Å²) in [7, 11) is 0. The minimum atomic E-state index is -4.36. The molecule has 0 aliphatic carbocycles. The molecular weight excluding hydrogens is 461 g/mol. The summed E-state index contributed by atoms with van der Waals surface area (Å²) in [5, 5.41) is 10.7. The number of nitrogens with zero attached hydrogens (tertiary/aromatic N) is 2. The minimum absolute atomic E-state index is 0.0106. The molecule has 0 amide bonds. The zero-order chi connectivity index (χ0) is 25.1. The highest BCUT2D eigenvalue weighted by Gasteiger charge is 2.30. The van der Waals surface area contributed by atoms with E-state index in [4.69, 9.17) is 10.00 Å². The number of aromatic nitrogens is 1. The van der Waals surface area contributed by atoms with Crippen LogP contribution in [0.15, 0.2) is 103 Å². The molecule has 0 bridgehead atoms. The Hall–Kier alpha value is -4.50. The Bertz CT molecular complexity index is 1550. The highest BCUT2D eigenvalue weighted by molar-refractivity contribution is 5.88. The van der Waals surface area contributed by atoms with Crippen LogP contribution in [0.3, 0.4) is 0 Å². The SMILES string of the molecule is N#CCOc1ccc2cc(-c3ccc(-c4ccccc4)n3Cc3ccc(C(F)(F)F)cc3)ccc2c1. The first kappa shape index (κ1) is 23.3. The van der Waals surface area contributed by atoms with Gasteiger partial charge in [-0.25, -0.2) is 0 Å². The summed E-state index contributed by atoms with van der Waals surface area (Å²) in [5.41, 5.74) is 4.07. The van der Waals surface area contributed by atoms with Crippen LogP contribution in [0.25, 0.3) is 33.3 Å². The average Bonchev–Trinajstić information content (AvgIpc) is 3.30. The van der Waals surface area contributed by atoms with Crippen LogP contribution in [0.1, 0.15) is 11.1 Å². The topological polar surface area (TPSA) is 37.9 Å². The number of hydrogen-bond acceptors (Lipinski definition) is 2. The van der Waals surface area contributed by atoms with Crippen LogP contribution in [-0.2, 0) is 12.7 Å². The molecule has 0 aliphatic rings. The van der Waals surface area contributed by atoms with E-state index >= 15 is 0 Å². The summed E-state index contributed by atoms with van der Waals surface area (Å²) in [6.07, 6.45) is -4.36. The Morgan fingerprint density at radius 1 is 0.722 bits per heavy atom. The van der Waals surface area contributed by atoms with E-state index in [1.807, 2.05) is 78.9 Å². The van der Waals surface area contributed by atoms with Gasteiger partial charge >= 0.3 is 6.18 Å². The van der Waals surface area contributed by atoms with Crippen molar-refractivity contribution in [2.45, 2.75) is 12.7 Å². The van der Waals surface area contributed by atoms with Crippen LogP contribution in [0.4, 0.5) is 13.2 Å². The van der Waals surface area contributed by atoms with Gasteiger partial charge in [0.25, 0.3) is 0 Å². The quantitative estimate of drug-likeness (QED) is 0.246. The van der Waals surface area contributed by atoms with E-state index in [-0.39, 0.29) is 6.61 Å². The number of nitriles is 1. The van der Waals surface area contributed by atoms with Crippen molar-refractivity contribution >= 4 is 10.8 Å². The molecule has 0 saturated heterocycles. The second-order valence-electron chi connectivity index (χ2n) is 8.42. The molecule has 0 unspecified atom stereocenters. The first-order chi connectivity index (χ1) is 17.4. The average molecular weight is 483 g/mol. The highest BCUT2D eigenvalue weighted by Crippen LogP contribution is 2.33. The van der Waals surface area contributed by atoms with E-state index in [0.29, 0.717) is 12.3 Å². The Labute approximate surface area is 206 Å². The molecule has 5 aromatic rings. The maximum Gasteiger partial charge on any atom is 0.416 e. The first-order valence-electron chi connectivity index (χ1n) is 11.4. The molecule has 4 aromatic carbocycles. The molecule has 0 N–H and O–H groups in total. The summed E-state index contributed by atoms with van der Waals surface area (Å²) < 4.78 is 46.7. The lowest BCUT2D eigenvalue weighted by Crippen LogP contribution is -2.07. The van der Waals surface area contributed by atoms with Gasteiger partial charge in [-0.1, -0.05) is 60.7 Å². The maximum atomic E-state index is 13.1. The summed E-state index contributed by atoms with van der Waals surface area (Å²) in [6.45, 7) is 0.410. The number of rotatable bonds is 6. The smallest absolute Gasteiger partial charge is 0.416 e. The molecule has 0 aliphatic heterocycles. The molecular formula is C30H21F3N2O. The van der Waals surface area contributed by atoms with Gasteiger partial charge < -0.3 is 9.30 Å². The lowest BCUT2D eigenvalue weighted by molar-refractivity contribution is -0.137. The van der Waals surface area contributed by atoms with Crippen molar-refractivity contribution in [3.63, 3.8) is 0 Å². The zero-order valence-electron chi connectivity index (χ0n) is 19.2. The summed E-state index contributed by atoms with van der Waals surface area (Å²) in [6, 6.07) is 33.1. The van der Waals surface area contributed by atoms with Crippen molar-refractivity contribution < 1.29 is 17.9 Å². The van der Waals surface area contributed by atoms with Crippen LogP contribution in [0.5, 0.6) is 5.75 Å². The molecule has 36 heavy (non-hydrogen) atoms. The lowest BCUT2D eigenvalue weighted by Gasteiger charge is -2.16. The van der Waals surface area contributed by atoms with Crippen LogP contribution in [0.2, 0.25) is 0 Å². The number of alkyl halides is 3. The molecule has 1 aromatic heterocycles. The minimum Gasteiger partial charge on any atom is -0.479 e. The van der Waals surface area contributed by atoms with Gasteiger partial charge in [-0.15, -0.1) is 0 Å². The standard InChI is InChI=1S/C30H21F3N2O/c31-30(32,33)26-11-6-21(7-12-26)20-35-28(22-4-2-1-3-5-22)14-15-29(35)25-9-8-24-19-27(36-17-16-34)13-10-23(24)18-25/h1-15,18-19H,17,20H2. The molecule has 0 radical (unpaired) electrons. The molecule has 3 nitrogen and oxygen atoms in total. The normalized spacial score (nSPS) is 11.4. The van der Waals surface area contributed by atoms with Gasteiger partial charge in [0.1, 0.15) is 11.8 Å². The van der Waals surface area contributed by atoms with Gasteiger partial charge in [0.15, 0.2) is 6.61 Å². The van der Waals surface area contributed by atoms with Crippen LogP contribution in [-0.4, -0.2) is 11.2 Å². The second kappa shape index (κ2) is 9.63. The summed E-state index contributed by atoms with van der Waals surface area (Å²) in [4.78, 5) is 0. The van der Waals surface area contributed by atoms with E-state index in [1.54, 1.807) is 0 Å². The van der Waals surface area contributed by atoms with Crippen LogP contribution in [0, 0.1) is 11.3 Å². The summed E-state index contributed by atoms with van der Waals surface area (Å²) in [5.74, 6) is 0.633. The molecule has 1 heterocycles. The fourth-order valence-electron chi connectivity index (χ4n) is 4.32. The third-order valence-electron chi connectivity index (χ3n) is 6.08. The van der Waals surface area contributed by atoms with E-state index in [2.05, 4.69) is 10.6 Å². The van der Waals surface area contributed by atoms with E-state index in [9.17, 15) is 13.2 Å². The number of benzene rings is 4. The van der Waals surface area contributed by atoms with Gasteiger partial charge in [0.2, 0.25) is 0 Å². The lowest BCUT2D eigenvalue weighted by atomic mass is 10.0. The van der Waals surface area contributed by atoms with Crippen molar-refractivity contribution in [1.29, 1.82) is 5.26 Å². The Morgan fingerprint density at radius 2 is 1.39 bits per heavy atom. The van der Waals surface area contributed by atoms with Crippen molar-refractivity contribution in [1.82, 2.24) is 4.57 Å². The number of halogens is 3. The van der Waals surface area contributed by atoms with Crippen molar-refractivity contribution in [2.24, 2.45) is 0 Å². The third-order valence-corrected chi connectivity index (χ3v) is 6.08. The largest absolute Gasteiger partial charge is 0.479 e. The molecule has 0 saturated carbocycles. The third kappa shape index (κ3) is 4.82. The Morgan fingerprint density at radius 3 is 2.08 bits per heavy atom. The van der Waals surface area contributed by atoms with Gasteiger partial charge in [-0.2, -0.15) is 18.4 Å². The van der Waals surface area contributed by atoms with Crippen LogP contribution >= 0.6 is 0 Å². The monoisotopic (exact) mass is 482 g/mol.